The van der Waals surface area contributed by atoms with Gasteiger partial charge in [-0.1, -0.05) is 0 Å². The molecule has 0 radical (unpaired) electrons. The predicted molar refractivity (Wildman–Crippen MR) is 139 cm³/mol. The summed E-state index contributed by atoms with van der Waals surface area (Å²) in [4.78, 5) is 25.5. The number of nitrogens with zero attached hydrogens (tertiary/aromatic N) is 4. The highest BCUT2D eigenvalue weighted by molar-refractivity contribution is 7.99. The van der Waals surface area contributed by atoms with Crippen LogP contribution in [0.4, 0.5) is 27.5 Å². The van der Waals surface area contributed by atoms with E-state index in [1.807, 2.05) is 18.2 Å². The van der Waals surface area contributed by atoms with Crippen molar-refractivity contribution in [2.75, 3.05) is 54.5 Å². The molecule has 4 aliphatic rings. The average molecular weight is 514 g/mol. The normalized spacial score (nSPS) is 31.9. The van der Waals surface area contributed by atoms with E-state index < -0.39 is 11.9 Å². The molecule has 1 saturated heterocycles. The van der Waals surface area contributed by atoms with E-state index in [1.54, 1.807) is 11.8 Å². The SMILES string of the molecule is CN1CCN(c2ccc3cc2[C@H](O)CS[C@@H]2C[C@H]4C[C@H]2[C@@H](Nc2nc(ncc2F)N3)[C@H]4C(N)=O)CC1. The first-order valence-corrected chi connectivity index (χ1v) is 13.6. The van der Waals surface area contributed by atoms with E-state index >= 15 is 0 Å². The van der Waals surface area contributed by atoms with Crippen LogP contribution in [-0.2, 0) is 4.79 Å². The van der Waals surface area contributed by atoms with Gasteiger partial charge in [0.05, 0.1) is 18.2 Å². The molecular formula is C25H32FN7O2S. The molecule has 2 aromatic rings. The summed E-state index contributed by atoms with van der Waals surface area (Å²) in [5.41, 5.74) is 8.41. The third kappa shape index (κ3) is 4.26. The first kappa shape index (κ1) is 23.7. The molecule has 6 atom stereocenters. The highest BCUT2D eigenvalue weighted by Gasteiger charge is 2.55. The number of hydrogen-bond donors (Lipinski definition) is 4. The van der Waals surface area contributed by atoms with Gasteiger partial charge >= 0.3 is 0 Å². The van der Waals surface area contributed by atoms with E-state index in [1.165, 1.54) is 0 Å². The Morgan fingerprint density at radius 2 is 2.06 bits per heavy atom. The quantitative estimate of drug-likeness (QED) is 0.479. The smallest absolute Gasteiger partial charge is 0.229 e. The number of carbonyl (C=O) groups is 1. The van der Waals surface area contributed by atoms with Gasteiger partial charge in [0, 0.05) is 60.2 Å². The minimum Gasteiger partial charge on any atom is -0.387 e. The first-order valence-electron chi connectivity index (χ1n) is 12.6. The van der Waals surface area contributed by atoms with Gasteiger partial charge in [-0.25, -0.2) is 9.37 Å². The molecule has 2 aliphatic heterocycles. The summed E-state index contributed by atoms with van der Waals surface area (Å²) >= 11 is 1.74. The van der Waals surface area contributed by atoms with E-state index in [0.717, 1.165) is 62.2 Å². The monoisotopic (exact) mass is 513 g/mol. The number of rotatable bonds is 2. The number of thioether (sulfide) groups is 1. The van der Waals surface area contributed by atoms with E-state index in [-0.39, 0.29) is 46.7 Å². The molecule has 0 unspecified atom stereocenters. The number of anilines is 4. The zero-order chi connectivity index (χ0) is 25.0. The van der Waals surface area contributed by atoms with E-state index in [9.17, 15) is 14.3 Å². The van der Waals surface area contributed by atoms with Crippen LogP contribution in [-0.4, -0.2) is 76.2 Å². The van der Waals surface area contributed by atoms with Gasteiger partial charge in [0.2, 0.25) is 11.9 Å². The van der Waals surface area contributed by atoms with Crippen LogP contribution in [0.25, 0.3) is 0 Å². The molecule has 1 amide bonds. The third-order valence-electron chi connectivity index (χ3n) is 8.27. The lowest BCUT2D eigenvalue weighted by molar-refractivity contribution is -0.123. The number of hydrogen-bond acceptors (Lipinski definition) is 9. The Labute approximate surface area is 214 Å². The molecule has 1 aromatic carbocycles. The van der Waals surface area contributed by atoms with Gasteiger partial charge in [0.15, 0.2) is 11.6 Å². The van der Waals surface area contributed by atoms with Crippen LogP contribution in [0.2, 0.25) is 0 Å². The molecule has 11 heteroatoms. The molecule has 0 spiro atoms. The standard InChI is InChI=1S/C25H32FN7O2S/c1-32-4-6-33(7-5-32)18-3-2-14-10-15(18)19(34)12-36-20-9-13-8-16(20)22(21(13)23(27)35)30-24-17(26)11-28-25(29-14)31-24/h2-3,10-11,13,16,19-22,34H,4-9,12H2,1H3,(H2,27,35)(H2,28,29,30,31)/t13-,16-,19-,20-,21+,22-/m1/s1. The Balaban J connectivity index is 1.38. The highest BCUT2D eigenvalue weighted by atomic mass is 32.2. The van der Waals surface area contributed by atoms with Gasteiger partial charge in [-0.15, -0.1) is 0 Å². The topological polar surface area (TPSA) is 120 Å². The van der Waals surface area contributed by atoms with Gasteiger partial charge in [-0.05, 0) is 49.9 Å². The van der Waals surface area contributed by atoms with Crippen molar-refractivity contribution < 1.29 is 14.3 Å². The Morgan fingerprint density at radius 1 is 1.25 bits per heavy atom. The molecule has 5 N–H and O–H groups in total. The van der Waals surface area contributed by atoms with E-state index in [4.69, 9.17) is 5.73 Å². The number of piperazine rings is 1. The molecular weight excluding hydrogens is 481 g/mol. The number of amides is 1. The van der Waals surface area contributed by atoms with Gasteiger partial charge in [-0.2, -0.15) is 16.7 Å². The number of aliphatic hydroxyl groups is 1. The molecule has 1 aromatic heterocycles. The lowest BCUT2D eigenvalue weighted by Gasteiger charge is -2.37. The number of benzene rings is 1. The Morgan fingerprint density at radius 3 is 2.83 bits per heavy atom. The first-order chi connectivity index (χ1) is 17.4. The van der Waals surface area contributed by atoms with Crippen LogP contribution >= 0.6 is 11.8 Å². The minimum atomic E-state index is -0.656. The van der Waals surface area contributed by atoms with Gasteiger partial charge < -0.3 is 31.3 Å². The summed E-state index contributed by atoms with van der Waals surface area (Å²) in [7, 11) is 2.12. The van der Waals surface area contributed by atoms with Crippen LogP contribution in [0.3, 0.4) is 0 Å². The number of nitrogens with two attached hydrogens (primary N) is 1. The molecule has 2 saturated carbocycles. The Kier molecular flexibility index (Phi) is 6.17. The molecule has 192 valence electrons. The molecule has 6 rings (SSSR count). The van der Waals surface area contributed by atoms with Crippen molar-refractivity contribution in [1.82, 2.24) is 14.9 Å². The number of carbonyl (C=O) groups excluding carboxylic acids is 1. The second kappa shape index (κ2) is 9.35. The zero-order valence-corrected chi connectivity index (χ0v) is 21.0. The average Bonchev–Trinajstić information content (AvgIpc) is 3.43. The van der Waals surface area contributed by atoms with Crippen LogP contribution in [0, 0.1) is 23.6 Å². The molecule has 3 heterocycles. The molecule has 3 fully saturated rings. The number of halogens is 1. The number of aliphatic hydroxyl groups excluding tert-OH is 1. The predicted octanol–water partition coefficient (Wildman–Crippen LogP) is 2.18. The summed E-state index contributed by atoms with van der Waals surface area (Å²) < 4.78 is 14.7. The van der Waals surface area contributed by atoms with Gasteiger partial charge in [0.25, 0.3) is 0 Å². The highest BCUT2D eigenvalue weighted by Crippen LogP contribution is 2.54. The fraction of sp³-hybridized carbons (Fsp3) is 0.560. The maximum absolute atomic E-state index is 14.7. The van der Waals surface area contributed by atoms with E-state index in [0.29, 0.717) is 5.75 Å². The Bertz CT molecular complexity index is 1160. The summed E-state index contributed by atoms with van der Waals surface area (Å²) in [5.74, 6) is -0.135. The summed E-state index contributed by atoms with van der Waals surface area (Å²) in [6.07, 6.45) is 2.21. The zero-order valence-electron chi connectivity index (χ0n) is 20.2. The maximum Gasteiger partial charge on any atom is 0.229 e. The number of primary amides is 1. The molecule has 2 aliphatic carbocycles. The fourth-order valence-corrected chi connectivity index (χ4v) is 7.97. The number of likely N-dealkylation sites (N-methyl/N-ethyl adjacent to an activating group) is 1. The van der Waals surface area contributed by atoms with Crippen molar-refractivity contribution in [1.29, 1.82) is 0 Å². The number of aromatic nitrogens is 2. The largest absolute Gasteiger partial charge is 0.387 e. The van der Waals surface area contributed by atoms with Crippen LogP contribution in [0.5, 0.6) is 0 Å². The van der Waals surface area contributed by atoms with Gasteiger partial charge in [-0.3, -0.25) is 4.79 Å². The number of nitrogens with one attached hydrogen (secondary N) is 2. The lowest BCUT2D eigenvalue weighted by Crippen LogP contribution is -2.46. The lowest BCUT2D eigenvalue weighted by atomic mass is 9.83. The molecule has 36 heavy (non-hydrogen) atoms. The van der Waals surface area contributed by atoms with E-state index in [2.05, 4.69) is 37.4 Å². The van der Waals surface area contributed by atoms with Crippen molar-refractivity contribution in [3.63, 3.8) is 0 Å². The van der Waals surface area contributed by atoms with Crippen LogP contribution < -0.4 is 21.3 Å². The third-order valence-corrected chi connectivity index (χ3v) is 9.75. The maximum atomic E-state index is 14.7. The Hall–Kier alpha value is -2.63. The molecule has 9 nitrogen and oxygen atoms in total. The van der Waals surface area contributed by atoms with Crippen molar-refractivity contribution in [3.8, 4) is 0 Å². The fourth-order valence-electron chi connectivity index (χ4n) is 6.45. The van der Waals surface area contributed by atoms with Crippen molar-refractivity contribution >= 4 is 40.8 Å². The van der Waals surface area contributed by atoms with Crippen LogP contribution in [0.1, 0.15) is 24.5 Å². The summed E-state index contributed by atoms with van der Waals surface area (Å²) in [6, 6.07) is 5.64. The summed E-state index contributed by atoms with van der Waals surface area (Å²) in [5, 5.41) is 18.0. The second-order valence-electron chi connectivity index (χ2n) is 10.5. The second-order valence-corrected chi connectivity index (χ2v) is 11.7. The van der Waals surface area contributed by atoms with Crippen molar-refractivity contribution in [2.24, 2.45) is 23.5 Å². The van der Waals surface area contributed by atoms with Gasteiger partial charge in [0.1, 0.15) is 0 Å². The number of fused-ring (bicyclic) bond motifs is 5. The van der Waals surface area contributed by atoms with Crippen molar-refractivity contribution in [2.45, 2.75) is 30.2 Å². The molecule has 6 bridgehead atoms. The minimum absolute atomic E-state index is 0.0754. The van der Waals surface area contributed by atoms with Crippen molar-refractivity contribution in [3.05, 3.63) is 35.8 Å². The van der Waals surface area contributed by atoms with Crippen LogP contribution in [0.15, 0.2) is 24.4 Å². The summed E-state index contributed by atoms with van der Waals surface area (Å²) in [6.45, 7) is 3.73.